The molecule has 1 aromatic rings. The van der Waals surface area contributed by atoms with Gasteiger partial charge in [0.05, 0.1) is 5.41 Å². The standard InChI is InChI=1S/C21H27NO3/c1-13-3-5-17(6-4-13)20-8-15-7-16(9-20)11-21(10-15,12-20)19(24)25-14(2)18(22)23/h3-6,14-16H,7-12H2,1-2H3,(H2,22,23). The summed E-state index contributed by atoms with van der Waals surface area (Å²) in [6.45, 7) is 3.67. The number of nitrogens with two attached hydrogens (primary N) is 1. The van der Waals surface area contributed by atoms with Crippen LogP contribution < -0.4 is 5.73 Å². The molecule has 2 N–H and O–H groups in total. The van der Waals surface area contributed by atoms with E-state index in [-0.39, 0.29) is 11.4 Å². The maximum Gasteiger partial charge on any atom is 0.312 e. The van der Waals surface area contributed by atoms with Crippen molar-refractivity contribution in [2.75, 3.05) is 0 Å². The lowest BCUT2D eigenvalue weighted by molar-refractivity contribution is -0.180. The Bertz CT molecular complexity index is 694. The summed E-state index contributed by atoms with van der Waals surface area (Å²) < 4.78 is 5.48. The fourth-order valence-electron chi connectivity index (χ4n) is 6.09. The van der Waals surface area contributed by atoms with Gasteiger partial charge in [0.15, 0.2) is 6.10 Å². The van der Waals surface area contributed by atoms with Gasteiger partial charge in [-0.25, -0.2) is 0 Å². The van der Waals surface area contributed by atoms with E-state index in [0.717, 1.165) is 19.3 Å². The van der Waals surface area contributed by atoms with Gasteiger partial charge in [-0.15, -0.1) is 0 Å². The van der Waals surface area contributed by atoms with Crippen LogP contribution in [-0.4, -0.2) is 18.0 Å². The number of carbonyl (C=O) groups excluding carboxylic acids is 2. The van der Waals surface area contributed by atoms with Crippen molar-refractivity contribution in [2.24, 2.45) is 23.0 Å². The lowest BCUT2D eigenvalue weighted by Gasteiger charge is -2.61. The van der Waals surface area contributed by atoms with Crippen molar-refractivity contribution < 1.29 is 14.3 Å². The quantitative estimate of drug-likeness (QED) is 0.855. The van der Waals surface area contributed by atoms with Crippen LogP contribution in [0.1, 0.15) is 56.6 Å². The molecular formula is C21H27NO3. The van der Waals surface area contributed by atoms with Crippen LogP contribution in [0.3, 0.4) is 0 Å². The van der Waals surface area contributed by atoms with Crippen molar-refractivity contribution in [1.29, 1.82) is 0 Å². The van der Waals surface area contributed by atoms with Gasteiger partial charge in [0.25, 0.3) is 5.91 Å². The van der Waals surface area contributed by atoms with E-state index >= 15 is 0 Å². The van der Waals surface area contributed by atoms with Crippen LogP contribution in [0.5, 0.6) is 0 Å². The van der Waals surface area contributed by atoms with E-state index in [9.17, 15) is 9.59 Å². The average molecular weight is 341 g/mol. The van der Waals surface area contributed by atoms with Gasteiger partial charge in [0, 0.05) is 0 Å². The van der Waals surface area contributed by atoms with Crippen molar-refractivity contribution in [3.05, 3.63) is 35.4 Å². The van der Waals surface area contributed by atoms with E-state index in [1.165, 1.54) is 30.4 Å². The molecule has 3 atom stereocenters. The maximum atomic E-state index is 13.0. The molecule has 134 valence electrons. The highest BCUT2D eigenvalue weighted by Crippen LogP contribution is 2.66. The minimum Gasteiger partial charge on any atom is -0.452 e. The Labute approximate surface area is 149 Å². The molecule has 4 bridgehead atoms. The van der Waals surface area contributed by atoms with Crippen LogP contribution in [0.15, 0.2) is 24.3 Å². The van der Waals surface area contributed by atoms with Gasteiger partial charge in [-0.2, -0.15) is 0 Å². The molecule has 1 aromatic carbocycles. The fourth-order valence-corrected chi connectivity index (χ4v) is 6.09. The third-order valence-electron chi connectivity index (χ3n) is 6.84. The first-order valence-corrected chi connectivity index (χ1v) is 9.39. The molecule has 4 aliphatic rings. The highest BCUT2D eigenvalue weighted by atomic mass is 16.5. The molecule has 5 rings (SSSR count). The number of hydrogen-bond acceptors (Lipinski definition) is 3. The molecule has 0 radical (unpaired) electrons. The van der Waals surface area contributed by atoms with Gasteiger partial charge in [0.2, 0.25) is 0 Å². The van der Waals surface area contributed by atoms with Gasteiger partial charge in [-0.1, -0.05) is 29.8 Å². The van der Waals surface area contributed by atoms with Crippen LogP contribution in [-0.2, 0) is 19.7 Å². The molecule has 0 heterocycles. The van der Waals surface area contributed by atoms with Crippen LogP contribution in [0, 0.1) is 24.2 Å². The van der Waals surface area contributed by atoms with Crippen molar-refractivity contribution >= 4 is 11.9 Å². The first-order chi connectivity index (χ1) is 11.8. The number of benzene rings is 1. The topological polar surface area (TPSA) is 69.4 Å². The van der Waals surface area contributed by atoms with E-state index < -0.39 is 17.4 Å². The second kappa shape index (κ2) is 5.58. The number of hydrogen-bond donors (Lipinski definition) is 1. The van der Waals surface area contributed by atoms with Gasteiger partial charge in [-0.05, 0) is 75.2 Å². The van der Waals surface area contributed by atoms with E-state index in [4.69, 9.17) is 10.5 Å². The maximum absolute atomic E-state index is 13.0. The normalized spacial score (nSPS) is 36.9. The molecular weight excluding hydrogens is 314 g/mol. The Kier molecular flexibility index (Phi) is 3.71. The first-order valence-electron chi connectivity index (χ1n) is 9.39. The fraction of sp³-hybridized carbons (Fsp3) is 0.619. The molecule has 0 aliphatic heterocycles. The Morgan fingerprint density at radius 2 is 1.72 bits per heavy atom. The molecule has 25 heavy (non-hydrogen) atoms. The van der Waals surface area contributed by atoms with Gasteiger partial charge < -0.3 is 10.5 Å². The van der Waals surface area contributed by atoms with Crippen LogP contribution in [0.4, 0.5) is 0 Å². The summed E-state index contributed by atoms with van der Waals surface area (Å²) in [6.07, 6.45) is 5.38. The molecule has 1 amide bonds. The molecule has 3 unspecified atom stereocenters. The van der Waals surface area contributed by atoms with Gasteiger partial charge in [-0.3, -0.25) is 9.59 Å². The Balaban J connectivity index is 1.66. The molecule has 0 saturated heterocycles. The Morgan fingerprint density at radius 3 is 2.28 bits per heavy atom. The SMILES string of the molecule is Cc1ccc(C23CC4CC(CC(C(=O)OC(C)C(N)=O)(C4)C2)C3)cc1. The van der Waals surface area contributed by atoms with Crippen molar-refractivity contribution in [3.63, 3.8) is 0 Å². The van der Waals surface area contributed by atoms with Crippen molar-refractivity contribution in [2.45, 2.75) is 63.9 Å². The number of primary amides is 1. The highest BCUT2D eigenvalue weighted by molar-refractivity contribution is 5.84. The smallest absolute Gasteiger partial charge is 0.312 e. The van der Waals surface area contributed by atoms with Crippen molar-refractivity contribution in [3.8, 4) is 0 Å². The van der Waals surface area contributed by atoms with E-state index in [1.807, 2.05) is 0 Å². The van der Waals surface area contributed by atoms with Crippen LogP contribution in [0.2, 0.25) is 0 Å². The molecule has 0 spiro atoms. The monoisotopic (exact) mass is 341 g/mol. The van der Waals surface area contributed by atoms with Gasteiger partial charge in [0.1, 0.15) is 0 Å². The number of amides is 1. The summed E-state index contributed by atoms with van der Waals surface area (Å²) in [5, 5.41) is 0. The second-order valence-corrected chi connectivity index (χ2v) is 8.84. The van der Waals surface area contributed by atoms with E-state index in [0.29, 0.717) is 11.8 Å². The minimum absolute atomic E-state index is 0.0900. The summed E-state index contributed by atoms with van der Waals surface area (Å²) in [6, 6.07) is 8.84. The summed E-state index contributed by atoms with van der Waals surface area (Å²) >= 11 is 0. The largest absolute Gasteiger partial charge is 0.452 e. The van der Waals surface area contributed by atoms with E-state index in [1.54, 1.807) is 6.92 Å². The number of carbonyl (C=O) groups is 2. The van der Waals surface area contributed by atoms with Crippen LogP contribution in [0.25, 0.3) is 0 Å². The number of rotatable bonds is 4. The first kappa shape index (κ1) is 16.6. The number of ether oxygens (including phenoxy) is 1. The lowest BCUT2D eigenvalue weighted by Crippen LogP contribution is -2.57. The molecule has 4 nitrogen and oxygen atoms in total. The summed E-state index contributed by atoms with van der Waals surface area (Å²) in [5.74, 6) is 0.383. The zero-order chi connectivity index (χ0) is 17.8. The zero-order valence-electron chi connectivity index (χ0n) is 15.1. The average Bonchev–Trinajstić information content (AvgIpc) is 2.53. The highest BCUT2D eigenvalue weighted by Gasteiger charge is 2.61. The molecule has 4 heteroatoms. The Hall–Kier alpha value is -1.84. The van der Waals surface area contributed by atoms with Gasteiger partial charge >= 0.3 is 5.97 Å². The predicted molar refractivity (Wildman–Crippen MR) is 94.7 cm³/mol. The van der Waals surface area contributed by atoms with Crippen molar-refractivity contribution in [1.82, 2.24) is 0 Å². The molecule has 4 aliphatic carbocycles. The third kappa shape index (κ3) is 2.66. The second-order valence-electron chi connectivity index (χ2n) is 8.84. The lowest BCUT2D eigenvalue weighted by atomic mass is 9.43. The number of aryl methyl sites for hydroxylation is 1. The summed E-state index contributed by atoms with van der Waals surface area (Å²) in [4.78, 5) is 24.3. The predicted octanol–water partition coefficient (Wildman–Crippen LogP) is 3.25. The summed E-state index contributed by atoms with van der Waals surface area (Å²) in [7, 11) is 0. The Morgan fingerprint density at radius 1 is 1.12 bits per heavy atom. The number of esters is 1. The zero-order valence-corrected chi connectivity index (χ0v) is 15.1. The van der Waals surface area contributed by atoms with E-state index in [2.05, 4.69) is 31.2 Å². The summed E-state index contributed by atoms with van der Waals surface area (Å²) in [5.41, 5.74) is 7.58. The molecule has 4 fully saturated rings. The minimum atomic E-state index is -0.851. The third-order valence-corrected chi connectivity index (χ3v) is 6.84. The van der Waals surface area contributed by atoms with Crippen LogP contribution >= 0.6 is 0 Å². The molecule has 0 aromatic heterocycles. The molecule has 4 saturated carbocycles.